The summed E-state index contributed by atoms with van der Waals surface area (Å²) in [6.45, 7) is 4.65. The Morgan fingerprint density at radius 2 is 1.05 bits per heavy atom. The van der Waals surface area contributed by atoms with Crippen LogP contribution in [0.25, 0.3) is 0 Å². The summed E-state index contributed by atoms with van der Waals surface area (Å²) in [5, 5.41) is 9.16. The molecule has 1 aliphatic heterocycles. The van der Waals surface area contributed by atoms with Gasteiger partial charge < -0.3 is 0 Å². The SMILES string of the molecule is CC1(C)[C@@H]2C(c3ccccc3)=NN=C(c3ccccc3)[C@@H]21. The number of hydrogen-bond acceptors (Lipinski definition) is 2. The van der Waals surface area contributed by atoms with E-state index in [4.69, 9.17) is 0 Å². The third-order valence-electron chi connectivity index (χ3n) is 4.82. The fraction of sp³-hybridized carbons (Fsp3) is 0.263. The topological polar surface area (TPSA) is 24.7 Å². The first-order valence-electron chi connectivity index (χ1n) is 7.46. The van der Waals surface area contributed by atoms with Crippen molar-refractivity contribution in [2.24, 2.45) is 27.5 Å². The molecule has 4 rings (SSSR count). The molecule has 2 heteroatoms. The van der Waals surface area contributed by atoms with Crippen molar-refractivity contribution in [1.82, 2.24) is 0 Å². The van der Waals surface area contributed by atoms with E-state index in [1.165, 1.54) is 11.1 Å². The largest absolute Gasteiger partial charge is 0.154 e. The zero-order valence-electron chi connectivity index (χ0n) is 12.3. The molecule has 2 aromatic rings. The van der Waals surface area contributed by atoms with Crippen LogP contribution < -0.4 is 0 Å². The van der Waals surface area contributed by atoms with Crippen LogP contribution in [0, 0.1) is 17.3 Å². The molecular formula is C19H18N2. The van der Waals surface area contributed by atoms with Crippen LogP contribution in [-0.2, 0) is 0 Å². The summed E-state index contributed by atoms with van der Waals surface area (Å²) in [5.41, 5.74) is 4.93. The van der Waals surface area contributed by atoms with Gasteiger partial charge in [-0.3, -0.25) is 0 Å². The lowest BCUT2D eigenvalue weighted by Crippen LogP contribution is -2.15. The molecule has 21 heavy (non-hydrogen) atoms. The van der Waals surface area contributed by atoms with E-state index < -0.39 is 0 Å². The minimum atomic E-state index is 0.236. The van der Waals surface area contributed by atoms with Crippen molar-refractivity contribution in [2.75, 3.05) is 0 Å². The van der Waals surface area contributed by atoms with Gasteiger partial charge in [0.15, 0.2) is 0 Å². The smallest absolute Gasteiger partial charge is 0.0746 e. The first kappa shape index (κ1) is 12.5. The molecule has 0 radical (unpaired) electrons. The highest BCUT2D eigenvalue weighted by atomic mass is 15.2. The zero-order valence-corrected chi connectivity index (χ0v) is 12.3. The highest BCUT2D eigenvalue weighted by molar-refractivity contribution is 6.15. The second-order valence-corrected chi connectivity index (χ2v) is 6.48. The van der Waals surface area contributed by atoms with E-state index in [-0.39, 0.29) is 5.41 Å². The molecule has 2 aromatic carbocycles. The summed E-state index contributed by atoms with van der Waals surface area (Å²) in [7, 11) is 0. The number of rotatable bonds is 2. The van der Waals surface area contributed by atoms with E-state index >= 15 is 0 Å². The maximum absolute atomic E-state index is 4.58. The standard InChI is InChI=1S/C19H18N2/c1-19(2)15-16(19)18(14-11-7-4-8-12-14)21-20-17(15)13-9-5-3-6-10-13/h3-12,15-16H,1-2H3/t15-,16+. The molecule has 2 nitrogen and oxygen atoms in total. The van der Waals surface area contributed by atoms with Crippen LogP contribution >= 0.6 is 0 Å². The van der Waals surface area contributed by atoms with Crippen LogP contribution in [0.2, 0.25) is 0 Å². The number of fused-ring (bicyclic) bond motifs is 1. The molecular weight excluding hydrogens is 256 g/mol. The lowest BCUT2D eigenvalue weighted by molar-refractivity contribution is 0.603. The van der Waals surface area contributed by atoms with Gasteiger partial charge in [0.25, 0.3) is 0 Å². The molecule has 1 saturated carbocycles. The van der Waals surface area contributed by atoms with Crippen molar-refractivity contribution in [2.45, 2.75) is 13.8 Å². The molecule has 0 bridgehead atoms. The lowest BCUT2D eigenvalue weighted by Gasteiger charge is -2.11. The highest BCUT2D eigenvalue weighted by Crippen LogP contribution is 2.62. The van der Waals surface area contributed by atoms with Gasteiger partial charge in [-0.1, -0.05) is 74.5 Å². The maximum Gasteiger partial charge on any atom is 0.0746 e. The van der Waals surface area contributed by atoms with Crippen LogP contribution in [0.1, 0.15) is 25.0 Å². The van der Waals surface area contributed by atoms with Crippen molar-refractivity contribution >= 4 is 11.4 Å². The Bertz CT molecular complexity index is 663. The molecule has 2 aliphatic rings. The second kappa shape index (κ2) is 4.39. The summed E-state index contributed by atoms with van der Waals surface area (Å²) in [4.78, 5) is 0. The molecule has 0 amide bonds. The molecule has 1 heterocycles. The van der Waals surface area contributed by atoms with Crippen molar-refractivity contribution in [3.05, 3.63) is 71.8 Å². The third-order valence-corrected chi connectivity index (χ3v) is 4.82. The normalized spacial score (nSPS) is 25.6. The van der Waals surface area contributed by atoms with Gasteiger partial charge in [-0.05, 0) is 16.5 Å². The number of nitrogens with zero attached hydrogens (tertiary/aromatic N) is 2. The van der Waals surface area contributed by atoms with E-state index in [1.54, 1.807) is 0 Å². The number of hydrogen-bond donors (Lipinski definition) is 0. The first-order valence-corrected chi connectivity index (χ1v) is 7.46. The molecule has 2 atom stereocenters. The van der Waals surface area contributed by atoms with E-state index in [9.17, 15) is 0 Å². The quantitative estimate of drug-likeness (QED) is 0.785. The van der Waals surface area contributed by atoms with E-state index in [0.717, 1.165) is 11.4 Å². The van der Waals surface area contributed by atoms with Gasteiger partial charge in [-0.25, -0.2) is 0 Å². The van der Waals surface area contributed by atoms with Crippen molar-refractivity contribution < 1.29 is 0 Å². The van der Waals surface area contributed by atoms with Gasteiger partial charge in [0.1, 0.15) is 0 Å². The molecule has 0 N–H and O–H groups in total. The van der Waals surface area contributed by atoms with Gasteiger partial charge in [0, 0.05) is 11.8 Å². The van der Waals surface area contributed by atoms with Crippen LogP contribution in [0.5, 0.6) is 0 Å². The van der Waals surface area contributed by atoms with Crippen LogP contribution in [0.4, 0.5) is 0 Å². The van der Waals surface area contributed by atoms with Crippen LogP contribution in [0.15, 0.2) is 70.9 Å². The minimum absolute atomic E-state index is 0.236. The molecule has 104 valence electrons. The fourth-order valence-corrected chi connectivity index (χ4v) is 3.58. The van der Waals surface area contributed by atoms with Crippen LogP contribution in [-0.4, -0.2) is 11.4 Å². The molecule has 0 spiro atoms. The molecule has 0 saturated heterocycles. The summed E-state index contributed by atoms with van der Waals surface area (Å²) in [6.07, 6.45) is 0. The zero-order chi connectivity index (χ0) is 14.4. The summed E-state index contributed by atoms with van der Waals surface area (Å²) in [6, 6.07) is 20.9. The molecule has 0 aromatic heterocycles. The first-order chi connectivity index (χ1) is 10.2. The van der Waals surface area contributed by atoms with Gasteiger partial charge >= 0.3 is 0 Å². The molecule has 0 unspecified atom stereocenters. The predicted molar refractivity (Wildman–Crippen MR) is 86.7 cm³/mol. The summed E-state index contributed by atoms with van der Waals surface area (Å²) >= 11 is 0. The second-order valence-electron chi connectivity index (χ2n) is 6.48. The van der Waals surface area contributed by atoms with Gasteiger partial charge in [0.2, 0.25) is 0 Å². The van der Waals surface area contributed by atoms with E-state index in [0.29, 0.717) is 11.8 Å². The van der Waals surface area contributed by atoms with Crippen molar-refractivity contribution in [1.29, 1.82) is 0 Å². The molecule has 1 fully saturated rings. The minimum Gasteiger partial charge on any atom is -0.154 e. The Balaban J connectivity index is 1.80. The predicted octanol–water partition coefficient (Wildman–Crippen LogP) is 4.17. The monoisotopic (exact) mass is 274 g/mol. The Hall–Kier alpha value is -2.22. The van der Waals surface area contributed by atoms with E-state index in [2.05, 4.69) is 72.6 Å². The summed E-state index contributed by atoms with van der Waals surface area (Å²) in [5.74, 6) is 0.959. The van der Waals surface area contributed by atoms with Crippen LogP contribution in [0.3, 0.4) is 0 Å². The Morgan fingerprint density at radius 1 is 0.667 bits per heavy atom. The highest BCUT2D eigenvalue weighted by Gasteiger charge is 2.63. The van der Waals surface area contributed by atoms with Gasteiger partial charge in [-0.2, -0.15) is 10.2 Å². The van der Waals surface area contributed by atoms with Crippen molar-refractivity contribution in [3.8, 4) is 0 Å². The molecule has 1 aliphatic carbocycles. The fourth-order valence-electron chi connectivity index (χ4n) is 3.58. The third kappa shape index (κ3) is 1.86. The average molecular weight is 274 g/mol. The number of benzene rings is 2. The maximum atomic E-state index is 4.58. The lowest BCUT2D eigenvalue weighted by atomic mass is 9.99. The Labute approximate surface area is 125 Å². The van der Waals surface area contributed by atoms with Gasteiger partial charge in [-0.15, -0.1) is 0 Å². The van der Waals surface area contributed by atoms with Crippen molar-refractivity contribution in [3.63, 3.8) is 0 Å². The Morgan fingerprint density at radius 3 is 1.43 bits per heavy atom. The summed E-state index contributed by atoms with van der Waals surface area (Å²) < 4.78 is 0. The Kier molecular flexibility index (Phi) is 2.61. The van der Waals surface area contributed by atoms with Gasteiger partial charge in [0.05, 0.1) is 11.4 Å². The van der Waals surface area contributed by atoms with E-state index in [1.807, 2.05) is 12.1 Å². The average Bonchev–Trinajstić information content (AvgIpc) is 3.12.